The molecule has 0 radical (unpaired) electrons. The maximum atomic E-state index is 12.8. The number of aliphatic carboxylic acids is 1. The van der Waals surface area contributed by atoms with Crippen molar-refractivity contribution in [2.45, 2.75) is 79.0 Å². The fourth-order valence-electron chi connectivity index (χ4n) is 2.41. The van der Waals surface area contributed by atoms with Crippen LogP contribution in [0.2, 0.25) is 0 Å². The van der Waals surface area contributed by atoms with E-state index >= 15 is 0 Å². The van der Waals surface area contributed by atoms with E-state index in [2.05, 4.69) is 5.32 Å². The van der Waals surface area contributed by atoms with E-state index < -0.39 is 35.7 Å². The predicted octanol–water partition coefficient (Wildman–Crippen LogP) is 2.88. The Bertz CT molecular complexity index is 469. The summed E-state index contributed by atoms with van der Waals surface area (Å²) in [5.41, 5.74) is -0.678. The predicted molar refractivity (Wildman–Crippen MR) is 96.3 cm³/mol. The van der Waals surface area contributed by atoms with Crippen molar-refractivity contribution < 1.29 is 24.2 Å². The highest BCUT2D eigenvalue weighted by Crippen LogP contribution is 2.15. The number of rotatable bonds is 8. The molecule has 0 aromatic heterocycles. The quantitative estimate of drug-likeness (QED) is 0.695. The number of ether oxygens (including phenoxy) is 1. The molecule has 0 aliphatic heterocycles. The van der Waals surface area contributed by atoms with E-state index in [1.807, 2.05) is 27.7 Å². The molecule has 0 bridgehead atoms. The van der Waals surface area contributed by atoms with Crippen LogP contribution in [-0.2, 0) is 14.3 Å². The monoisotopic (exact) mass is 358 g/mol. The second-order valence-corrected chi connectivity index (χ2v) is 8.26. The third-order valence-corrected chi connectivity index (χ3v) is 3.49. The Kier molecular flexibility index (Phi) is 8.94. The van der Waals surface area contributed by atoms with E-state index in [0.717, 1.165) is 0 Å². The van der Waals surface area contributed by atoms with Crippen LogP contribution in [-0.4, -0.2) is 52.7 Å². The molecule has 25 heavy (non-hydrogen) atoms. The number of carbonyl (C=O) groups excluding carboxylic acids is 2. The number of carboxylic acids is 1. The van der Waals surface area contributed by atoms with E-state index in [0.29, 0.717) is 12.8 Å². The van der Waals surface area contributed by atoms with Crippen molar-refractivity contribution in [1.82, 2.24) is 10.2 Å². The van der Waals surface area contributed by atoms with Gasteiger partial charge in [0.15, 0.2) is 0 Å². The number of hydrogen-bond donors (Lipinski definition) is 2. The van der Waals surface area contributed by atoms with Crippen molar-refractivity contribution in [3.63, 3.8) is 0 Å². The highest BCUT2D eigenvalue weighted by atomic mass is 16.6. The van der Waals surface area contributed by atoms with Crippen LogP contribution in [0.3, 0.4) is 0 Å². The maximum Gasteiger partial charge on any atom is 0.408 e. The summed E-state index contributed by atoms with van der Waals surface area (Å²) < 4.78 is 5.22. The van der Waals surface area contributed by atoms with Crippen molar-refractivity contribution in [2.75, 3.05) is 7.05 Å². The SMILES string of the molecule is CC(C)C[C@@H](NC(=O)OC(C)(C)C)C(=O)N(C)[C@@H](CC(C)C)C(=O)O. The van der Waals surface area contributed by atoms with Crippen molar-refractivity contribution in [2.24, 2.45) is 11.8 Å². The second-order valence-electron chi connectivity index (χ2n) is 8.26. The molecular weight excluding hydrogens is 324 g/mol. The lowest BCUT2D eigenvalue weighted by Gasteiger charge is -2.31. The summed E-state index contributed by atoms with van der Waals surface area (Å²) in [7, 11) is 1.47. The summed E-state index contributed by atoms with van der Waals surface area (Å²) in [5, 5.41) is 12.0. The number of amides is 2. The Balaban J connectivity index is 5.26. The number of nitrogens with zero attached hydrogens (tertiary/aromatic N) is 1. The summed E-state index contributed by atoms with van der Waals surface area (Å²) >= 11 is 0. The molecule has 7 heteroatoms. The normalized spacial score (nSPS) is 14.2. The van der Waals surface area contributed by atoms with Crippen molar-refractivity contribution >= 4 is 18.0 Å². The van der Waals surface area contributed by atoms with E-state index in [1.165, 1.54) is 11.9 Å². The smallest absolute Gasteiger partial charge is 0.408 e. The van der Waals surface area contributed by atoms with Crippen LogP contribution in [0.1, 0.15) is 61.3 Å². The van der Waals surface area contributed by atoms with Gasteiger partial charge in [-0.25, -0.2) is 9.59 Å². The summed E-state index contributed by atoms with van der Waals surface area (Å²) in [6.07, 6.45) is 0.0603. The lowest BCUT2D eigenvalue weighted by molar-refractivity contribution is -0.150. The molecule has 0 aliphatic carbocycles. The molecule has 0 saturated carbocycles. The van der Waals surface area contributed by atoms with Crippen LogP contribution < -0.4 is 5.32 Å². The molecule has 0 fully saturated rings. The minimum Gasteiger partial charge on any atom is -0.480 e. The van der Waals surface area contributed by atoms with Gasteiger partial charge in [0.05, 0.1) is 0 Å². The Morgan fingerprint density at radius 1 is 1.04 bits per heavy atom. The number of carboxylic acid groups (broad SMARTS) is 1. The first-order valence-electron chi connectivity index (χ1n) is 8.73. The lowest BCUT2D eigenvalue weighted by atomic mass is 9.99. The van der Waals surface area contributed by atoms with Gasteiger partial charge in [0, 0.05) is 7.05 Å². The van der Waals surface area contributed by atoms with Crippen LogP contribution in [0, 0.1) is 11.8 Å². The molecule has 2 amide bonds. The number of carbonyl (C=O) groups is 3. The number of nitrogens with one attached hydrogen (secondary N) is 1. The fraction of sp³-hybridized carbons (Fsp3) is 0.833. The standard InChI is InChI=1S/C18H34N2O5/c1-11(2)9-13(19-17(24)25-18(5,6)7)15(21)20(8)14(16(22)23)10-12(3)4/h11-14H,9-10H2,1-8H3,(H,19,24)(H,22,23)/t13-,14+/m1/s1. The van der Waals surface area contributed by atoms with Crippen molar-refractivity contribution in [3.05, 3.63) is 0 Å². The molecule has 2 N–H and O–H groups in total. The Morgan fingerprint density at radius 2 is 1.52 bits per heavy atom. The lowest BCUT2D eigenvalue weighted by Crippen LogP contribution is -2.53. The van der Waals surface area contributed by atoms with E-state index in [4.69, 9.17) is 4.74 Å². The van der Waals surface area contributed by atoms with Gasteiger partial charge in [-0.3, -0.25) is 4.79 Å². The average Bonchev–Trinajstić information content (AvgIpc) is 2.39. The van der Waals surface area contributed by atoms with Gasteiger partial charge in [-0.2, -0.15) is 0 Å². The maximum absolute atomic E-state index is 12.8. The summed E-state index contributed by atoms with van der Waals surface area (Å²) in [6.45, 7) is 12.9. The van der Waals surface area contributed by atoms with Gasteiger partial charge in [0.1, 0.15) is 17.7 Å². The summed E-state index contributed by atoms with van der Waals surface area (Å²) in [6, 6.07) is -1.75. The molecule has 0 heterocycles. The Morgan fingerprint density at radius 3 is 1.88 bits per heavy atom. The van der Waals surface area contributed by atoms with Gasteiger partial charge in [0.25, 0.3) is 0 Å². The van der Waals surface area contributed by atoms with Crippen LogP contribution in [0.5, 0.6) is 0 Å². The number of likely N-dealkylation sites (N-methyl/N-ethyl adjacent to an activating group) is 1. The summed E-state index contributed by atoms with van der Waals surface area (Å²) in [5.74, 6) is -1.21. The minimum atomic E-state index is -1.05. The first kappa shape index (κ1) is 23.2. The minimum absolute atomic E-state index is 0.124. The first-order valence-corrected chi connectivity index (χ1v) is 8.73. The van der Waals surface area contributed by atoms with Gasteiger partial charge in [-0.15, -0.1) is 0 Å². The molecule has 0 aromatic carbocycles. The third kappa shape index (κ3) is 9.31. The van der Waals surface area contributed by atoms with Crippen molar-refractivity contribution in [1.29, 1.82) is 0 Å². The average molecular weight is 358 g/mol. The third-order valence-electron chi connectivity index (χ3n) is 3.49. The van der Waals surface area contributed by atoms with E-state index in [-0.39, 0.29) is 11.8 Å². The molecule has 0 saturated heterocycles. The molecular formula is C18H34N2O5. The molecule has 7 nitrogen and oxygen atoms in total. The Labute approximate surface area is 151 Å². The molecule has 146 valence electrons. The highest BCUT2D eigenvalue weighted by molar-refractivity contribution is 5.89. The Hall–Kier alpha value is -1.79. The van der Waals surface area contributed by atoms with Gasteiger partial charge < -0.3 is 20.1 Å². The summed E-state index contributed by atoms with van der Waals surface area (Å²) in [4.78, 5) is 37.6. The zero-order chi connectivity index (χ0) is 19.9. The topological polar surface area (TPSA) is 95.9 Å². The fourth-order valence-corrected chi connectivity index (χ4v) is 2.41. The van der Waals surface area contributed by atoms with Crippen LogP contribution >= 0.6 is 0 Å². The molecule has 0 rings (SSSR count). The molecule has 2 atom stereocenters. The van der Waals surface area contributed by atoms with Gasteiger partial charge in [-0.05, 0) is 45.4 Å². The van der Waals surface area contributed by atoms with Crippen LogP contribution in [0.4, 0.5) is 4.79 Å². The molecule has 0 aromatic rings. The highest BCUT2D eigenvalue weighted by Gasteiger charge is 2.33. The molecule has 0 spiro atoms. The zero-order valence-electron chi connectivity index (χ0n) is 16.8. The number of hydrogen-bond acceptors (Lipinski definition) is 4. The second kappa shape index (κ2) is 9.63. The van der Waals surface area contributed by atoms with Crippen molar-refractivity contribution in [3.8, 4) is 0 Å². The largest absolute Gasteiger partial charge is 0.480 e. The van der Waals surface area contributed by atoms with Gasteiger partial charge in [-0.1, -0.05) is 27.7 Å². The van der Waals surface area contributed by atoms with Crippen LogP contribution in [0.15, 0.2) is 0 Å². The van der Waals surface area contributed by atoms with Crippen LogP contribution in [0.25, 0.3) is 0 Å². The van der Waals surface area contributed by atoms with Gasteiger partial charge >= 0.3 is 12.1 Å². The molecule has 0 aliphatic rings. The zero-order valence-corrected chi connectivity index (χ0v) is 16.8. The number of alkyl carbamates (subject to hydrolysis) is 1. The van der Waals surface area contributed by atoms with E-state index in [9.17, 15) is 19.5 Å². The first-order chi connectivity index (χ1) is 11.2. The van der Waals surface area contributed by atoms with E-state index in [1.54, 1.807) is 20.8 Å². The molecule has 0 unspecified atom stereocenters. The van der Waals surface area contributed by atoms with Gasteiger partial charge in [0.2, 0.25) is 5.91 Å².